The van der Waals surface area contributed by atoms with Crippen LogP contribution in [-0.2, 0) is 6.18 Å². The number of hydrogen-bond donors (Lipinski definition) is 1. The Hall–Kier alpha value is -3.13. The van der Waals surface area contributed by atoms with Crippen molar-refractivity contribution in [3.63, 3.8) is 0 Å². The number of hydrogen-bond acceptors (Lipinski definition) is 4. The zero-order valence-electron chi connectivity index (χ0n) is 13.6. The van der Waals surface area contributed by atoms with Gasteiger partial charge < -0.3 is 5.11 Å². The minimum atomic E-state index is -4.54. The van der Waals surface area contributed by atoms with Gasteiger partial charge in [-0.05, 0) is 30.3 Å². The Balaban J connectivity index is 1.80. The average molecular weight is 388 g/mol. The van der Waals surface area contributed by atoms with E-state index in [-0.39, 0.29) is 10.6 Å². The van der Waals surface area contributed by atoms with Gasteiger partial charge in [0, 0.05) is 17.4 Å². The largest absolute Gasteiger partial charge is 0.493 e. The quantitative estimate of drug-likeness (QED) is 0.680. The second-order valence-corrected chi connectivity index (χ2v) is 6.81. The van der Waals surface area contributed by atoms with Crippen LogP contribution in [0.25, 0.3) is 17.3 Å². The van der Waals surface area contributed by atoms with Crippen LogP contribution in [0.5, 0.6) is 5.88 Å². The van der Waals surface area contributed by atoms with Crippen LogP contribution >= 0.6 is 11.3 Å². The Labute approximate surface area is 155 Å². The number of allylic oxidation sites excluding steroid dienone is 1. The topological polar surface area (TPSA) is 54.6 Å². The van der Waals surface area contributed by atoms with Gasteiger partial charge in [0.05, 0.1) is 21.8 Å². The molecular weight excluding hydrogens is 377 g/mol. The van der Waals surface area contributed by atoms with Crippen molar-refractivity contribution in [2.45, 2.75) is 6.18 Å². The van der Waals surface area contributed by atoms with Crippen molar-refractivity contribution in [3.05, 3.63) is 74.2 Å². The first-order valence-corrected chi connectivity index (χ1v) is 8.64. The Morgan fingerprint density at radius 2 is 1.89 bits per heavy atom. The molecule has 1 aliphatic heterocycles. The molecule has 0 spiro atoms. The second kappa shape index (κ2) is 6.24. The van der Waals surface area contributed by atoms with Crippen LogP contribution in [0, 0.1) is 0 Å². The summed E-state index contributed by atoms with van der Waals surface area (Å²) in [5.74, 6) is -0.408. The molecule has 136 valence electrons. The van der Waals surface area contributed by atoms with Crippen LogP contribution in [0.3, 0.4) is 0 Å². The molecule has 2 aromatic carbocycles. The normalized spacial score (nSPS) is 14.7. The van der Waals surface area contributed by atoms with Crippen LogP contribution < -0.4 is 4.87 Å². The highest BCUT2D eigenvalue weighted by Crippen LogP contribution is 2.35. The van der Waals surface area contributed by atoms with Gasteiger partial charge >= 0.3 is 11.0 Å². The molecule has 2 heterocycles. The highest BCUT2D eigenvalue weighted by molar-refractivity contribution is 7.10. The molecule has 1 N–H and O–H groups in total. The molecule has 0 aliphatic carbocycles. The molecule has 27 heavy (non-hydrogen) atoms. The fourth-order valence-corrected chi connectivity index (χ4v) is 3.66. The summed E-state index contributed by atoms with van der Waals surface area (Å²) in [6.07, 6.45) is -1.33. The third-order valence-corrected chi connectivity index (χ3v) is 4.97. The number of para-hydroxylation sites is 1. The number of aromatic hydroxyl groups is 1. The maximum absolute atomic E-state index is 12.9. The first kappa shape index (κ1) is 17.3. The van der Waals surface area contributed by atoms with E-state index in [0.717, 1.165) is 39.3 Å². The average Bonchev–Trinajstić information content (AvgIpc) is 3.16. The maximum atomic E-state index is 12.9. The Kier molecular flexibility index (Phi) is 4.00. The van der Waals surface area contributed by atoms with E-state index in [4.69, 9.17) is 0 Å². The van der Waals surface area contributed by atoms with Crippen LogP contribution in [0.4, 0.5) is 18.9 Å². The summed E-state index contributed by atoms with van der Waals surface area (Å²) < 4.78 is 39.7. The van der Waals surface area contributed by atoms with Crippen molar-refractivity contribution >= 4 is 34.9 Å². The molecule has 1 aliphatic rings. The van der Waals surface area contributed by atoms with E-state index < -0.39 is 22.5 Å². The van der Waals surface area contributed by atoms with Gasteiger partial charge in [-0.1, -0.05) is 35.6 Å². The van der Waals surface area contributed by atoms with E-state index in [2.05, 4.69) is 4.99 Å². The molecule has 0 radical (unpaired) electrons. The van der Waals surface area contributed by atoms with Gasteiger partial charge in [-0.15, -0.1) is 0 Å². The lowest BCUT2D eigenvalue weighted by molar-refractivity contribution is -0.137. The number of halogens is 3. The number of alkyl halides is 3. The first-order chi connectivity index (χ1) is 12.8. The summed E-state index contributed by atoms with van der Waals surface area (Å²) in [5, 5.41) is 10.5. The first-order valence-electron chi connectivity index (χ1n) is 7.82. The zero-order chi connectivity index (χ0) is 19.2. The predicted octanol–water partition coefficient (Wildman–Crippen LogP) is 4.88. The van der Waals surface area contributed by atoms with Crippen LogP contribution in [-0.4, -0.2) is 15.9 Å². The van der Waals surface area contributed by atoms with Gasteiger partial charge in [-0.3, -0.25) is 9.79 Å². The smallest absolute Gasteiger partial charge is 0.416 e. The second-order valence-electron chi connectivity index (χ2n) is 5.81. The maximum Gasteiger partial charge on any atom is 0.416 e. The fourth-order valence-electron chi connectivity index (χ4n) is 2.82. The summed E-state index contributed by atoms with van der Waals surface area (Å²) in [4.78, 5) is 16.2. The lowest BCUT2D eigenvalue weighted by atomic mass is 10.1. The zero-order valence-corrected chi connectivity index (χ0v) is 14.4. The fraction of sp³-hybridized carbons (Fsp3) is 0.0526. The number of benzene rings is 2. The molecule has 0 saturated heterocycles. The molecule has 3 aromatic rings. The summed E-state index contributed by atoms with van der Waals surface area (Å²) >= 11 is 0.749. The van der Waals surface area contributed by atoms with Crippen LogP contribution in [0.1, 0.15) is 16.0 Å². The third-order valence-electron chi connectivity index (χ3n) is 4.09. The van der Waals surface area contributed by atoms with E-state index in [1.807, 2.05) is 24.3 Å². The van der Waals surface area contributed by atoms with Crippen molar-refractivity contribution in [3.8, 4) is 11.6 Å². The number of nitrogens with zero attached hydrogens (tertiary/aromatic N) is 2. The minimum absolute atomic E-state index is 0.0475. The van der Waals surface area contributed by atoms with E-state index in [0.29, 0.717) is 5.57 Å². The third kappa shape index (κ3) is 3.08. The van der Waals surface area contributed by atoms with Gasteiger partial charge in [-0.25, -0.2) is 4.57 Å². The standard InChI is InChI=1S/C19H11F3N2O2S/c20-19(21,22)12-4-3-5-13(9-12)24-17(25)16(27-18(24)26)8-11-10-23-15-7-2-1-6-14(11)15/h1-10,25H/b11-8+. The van der Waals surface area contributed by atoms with Crippen molar-refractivity contribution in [2.75, 3.05) is 0 Å². The molecule has 0 bridgehead atoms. The van der Waals surface area contributed by atoms with E-state index in [1.165, 1.54) is 12.1 Å². The highest BCUT2D eigenvalue weighted by Gasteiger charge is 2.31. The molecule has 0 saturated carbocycles. The summed E-state index contributed by atoms with van der Waals surface area (Å²) in [6.45, 7) is 0. The molecule has 0 amide bonds. The molecule has 0 atom stereocenters. The lowest BCUT2D eigenvalue weighted by Gasteiger charge is -2.09. The Bertz CT molecular complexity index is 1160. The van der Waals surface area contributed by atoms with Gasteiger partial charge in [0.25, 0.3) is 0 Å². The molecule has 1 aromatic heterocycles. The molecular formula is C19H11F3N2O2S. The van der Waals surface area contributed by atoms with Gasteiger partial charge in [0.1, 0.15) is 0 Å². The molecule has 0 fully saturated rings. The summed E-state index contributed by atoms with van der Waals surface area (Å²) in [5.41, 5.74) is 1.39. The molecule has 4 nitrogen and oxygen atoms in total. The Morgan fingerprint density at radius 3 is 2.67 bits per heavy atom. The van der Waals surface area contributed by atoms with Gasteiger partial charge in [0.15, 0.2) is 0 Å². The monoisotopic (exact) mass is 388 g/mol. The summed E-state index contributed by atoms with van der Waals surface area (Å²) in [6, 6.07) is 11.7. The van der Waals surface area contributed by atoms with Gasteiger partial charge in [0.2, 0.25) is 5.88 Å². The summed E-state index contributed by atoms with van der Waals surface area (Å²) in [7, 11) is 0. The molecule has 4 rings (SSSR count). The highest BCUT2D eigenvalue weighted by atomic mass is 32.1. The van der Waals surface area contributed by atoms with Gasteiger partial charge in [-0.2, -0.15) is 13.2 Å². The number of thiazole rings is 1. The van der Waals surface area contributed by atoms with E-state index in [9.17, 15) is 23.1 Å². The van der Waals surface area contributed by atoms with Crippen LogP contribution in [0.15, 0.2) is 58.3 Å². The minimum Gasteiger partial charge on any atom is -0.493 e. The van der Waals surface area contributed by atoms with Crippen molar-refractivity contribution < 1.29 is 18.3 Å². The van der Waals surface area contributed by atoms with Crippen molar-refractivity contribution in [1.82, 2.24) is 4.57 Å². The number of fused-ring (bicyclic) bond motifs is 1. The van der Waals surface area contributed by atoms with E-state index in [1.54, 1.807) is 12.3 Å². The van der Waals surface area contributed by atoms with Crippen LogP contribution in [0.2, 0.25) is 0 Å². The predicted molar refractivity (Wildman–Crippen MR) is 99.0 cm³/mol. The number of aromatic nitrogens is 1. The molecule has 0 unspecified atom stereocenters. The number of rotatable bonds is 2. The lowest BCUT2D eigenvalue weighted by Crippen LogP contribution is -2.12. The van der Waals surface area contributed by atoms with Crippen molar-refractivity contribution in [1.29, 1.82) is 0 Å². The SMILES string of the molecule is O=c1sc(/C=C2\C=Nc3ccccc32)c(O)n1-c1cccc(C(F)(F)F)c1. The molecule has 8 heteroatoms. The number of aliphatic imine (C=N–C) groups is 1. The van der Waals surface area contributed by atoms with E-state index >= 15 is 0 Å². The Morgan fingerprint density at radius 1 is 1.11 bits per heavy atom. The van der Waals surface area contributed by atoms with Crippen molar-refractivity contribution in [2.24, 2.45) is 4.99 Å².